The van der Waals surface area contributed by atoms with Crippen molar-refractivity contribution in [3.8, 4) is 17.6 Å². The van der Waals surface area contributed by atoms with Crippen molar-refractivity contribution in [1.82, 2.24) is 19.8 Å². The lowest BCUT2D eigenvalue weighted by Gasteiger charge is -2.30. The monoisotopic (exact) mass is 602 g/mol. The second-order valence-corrected chi connectivity index (χ2v) is 11.8. The maximum absolute atomic E-state index is 13.6. The summed E-state index contributed by atoms with van der Waals surface area (Å²) in [5, 5.41) is 23.2. The van der Waals surface area contributed by atoms with Crippen LogP contribution in [0.1, 0.15) is 35.8 Å². The molecule has 3 aromatic rings. The largest absolute Gasteiger partial charge is 0.495 e. The highest BCUT2D eigenvalue weighted by Crippen LogP contribution is 2.51. The minimum atomic E-state index is -4.51. The minimum absolute atomic E-state index is 0.0405. The number of benzene rings is 1. The van der Waals surface area contributed by atoms with Crippen LogP contribution < -0.4 is 20.7 Å². The van der Waals surface area contributed by atoms with Crippen molar-refractivity contribution in [2.45, 2.75) is 41.8 Å². The van der Waals surface area contributed by atoms with E-state index in [2.05, 4.69) is 44.8 Å². The molecule has 2 aromatic heterocycles. The van der Waals surface area contributed by atoms with Crippen LogP contribution in [0.5, 0.6) is 5.75 Å². The van der Waals surface area contributed by atoms with Gasteiger partial charge in [-0.2, -0.15) is 18.3 Å². The van der Waals surface area contributed by atoms with Crippen LogP contribution in [0.4, 0.5) is 24.7 Å². The Morgan fingerprint density at radius 2 is 2.14 bits per heavy atom. The number of hydrogen-bond acceptors (Lipinski definition) is 8. The van der Waals surface area contributed by atoms with Gasteiger partial charge in [0.25, 0.3) is 5.91 Å². The number of aromatic nitrogens is 2. The summed E-state index contributed by atoms with van der Waals surface area (Å²) in [5.41, 5.74) is -3.27. The van der Waals surface area contributed by atoms with E-state index in [0.717, 1.165) is 25.9 Å². The summed E-state index contributed by atoms with van der Waals surface area (Å²) < 4.78 is 47.6. The lowest BCUT2D eigenvalue weighted by atomic mass is 10.1. The molecular formula is C29H33F3N6O3S. The average molecular weight is 603 g/mol. The first-order chi connectivity index (χ1) is 20.0. The Morgan fingerprint density at radius 3 is 2.86 bits per heavy atom. The van der Waals surface area contributed by atoms with Gasteiger partial charge in [0.2, 0.25) is 0 Å². The van der Waals surface area contributed by atoms with E-state index in [1.54, 1.807) is 37.3 Å². The number of fused-ring (bicyclic) bond motifs is 2. The smallest absolute Gasteiger partial charge is 0.446 e. The van der Waals surface area contributed by atoms with Crippen molar-refractivity contribution in [2.24, 2.45) is 5.92 Å². The molecule has 3 unspecified atom stereocenters. The Labute approximate surface area is 246 Å². The molecule has 0 radical (unpaired) electrons. The van der Waals surface area contributed by atoms with E-state index in [0.29, 0.717) is 34.3 Å². The van der Waals surface area contributed by atoms with Crippen molar-refractivity contribution in [3.63, 3.8) is 0 Å². The van der Waals surface area contributed by atoms with Crippen LogP contribution >= 0.6 is 11.8 Å². The van der Waals surface area contributed by atoms with E-state index < -0.39 is 11.6 Å². The third-order valence-corrected chi connectivity index (χ3v) is 8.34. The highest BCUT2D eigenvalue weighted by molar-refractivity contribution is 8.00. The molecule has 1 saturated carbocycles. The standard InChI is InChI=1S/C29H33F3N6O3S/c1-18(39)16-34-27(40)19-9-10-21(24(14-19)41-3)33-12-5-6-22-26(42-29(30,31)32)23-7-4-8-25(38(23)36-22)35-28-11-13-37(2)17-20(28)15-28/h4,7-10,14,18,20,33,35,39H,11-13,15-17H2,1-3H3,(H,34,40). The second kappa shape index (κ2) is 11.9. The molecule has 4 N–H and O–H groups in total. The maximum Gasteiger partial charge on any atom is 0.446 e. The molecule has 1 aromatic carbocycles. The Hall–Kier alpha value is -3.60. The third kappa shape index (κ3) is 6.72. The maximum atomic E-state index is 13.6. The van der Waals surface area contributed by atoms with Crippen molar-refractivity contribution in [1.29, 1.82) is 0 Å². The van der Waals surface area contributed by atoms with Crippen LogP contribution in [0.25, 0.3) is 5.52 Å². The fourth-order valence-corrected chi connectivity index (χ4v) is 5.96. The second-order valence-electron chi connectivity index (χ2n) is 10.8. The van der Waals surface area contributed by atoms with Gasteiger partial charge in [0.05, 0.1) is 35.9 Å². The summed E-state index contributed by atoms with van der Waals surface area (Å²) in [4.78, 5) is 14.6. The molecule has 13 heteroatoms. The molecule has 1 saturated heterocycles. The van der Waals surface area contributed by atoms with Crippen LogP contribution in [0.2, 0.25) is 0 Å². The lowest BCUT2D eigenvalue weighted by Crippen LogP contribution is -2.39. The zero-order valence-electron chi connectivity index (χ0n) is 23.5. The SMILES string of the molecule is COc1cc(C(=O)NCC(C)O)ccc1NCC#Cc1nn2c(NC34CCN(C)CC3C4)cccc2c1SC(F)(F)F. The number of carbonyl (C=O) groups excluding carboxylic acids is 1. The van der Waals surface area contributed by atoms with E-state index in [-0.39, 0.29) is 46.9 Å². The fraction of sp³-hybridized carbons (Fsp3) is 0.448. The molecule has 0 bridgehead atoms. The number of thioether (sulfide) groups is 1. The quantitative estimate of drug-likeness (QED) is 0.215. The molecule has 1 aliphatic carbocycles. The zero-order chi connectivity index (χ0) is 30.1. The Morgan fingerprint density at radius 1 is 1.33 bits per heavy atom. The van der Waals surface area contributed by atoms with Gasteiger partial charge in [-0.3, -0.25) is 4.79 Å². The number of pyridine rings is 1. The van der Waals surface area contributed by atoms with Gasteiger partial charge in [0.15, 0.2) is 0 Å². The number of likely N-dealkylation sites (tertiary alicyclic amines) is 1. The number of piperidine rings is 1. The molecule has 1 aliphatic heterocycles. The molecule has 224 valence electrons. The summed E-state index contributed by atoms with van der Waals surface area (Å²) in [6.07, 6.45) is 1.31. The number of nitrogens with one attached hydrogen (secondary N) is 3. The van der Waals surface area contributed by atoms with Crippen molar-refractivity contribution < 1.29 is 27.8 Å². The third-order valence-electron chi connectivity index (χ3n) is 7.51. The van der Waals surface area contributed by atoms with E-state index >= 15 is 0 Å². The molecular weight excluding hydrogens is 569 g/mol. The number of anilines is 2. The van der Waals surface area contributed by atoms with Gasteiger partial charge in [-0.25, -0.2) is 4.52 Å². The number of ether oxygens (including phenoxy) is 1. The van der Waals surface area contributed by atoms with Gasteiger partial charge >= 0.3 is 5.51 Å². The van der Waals surface area contributed by atoms with Gasteiger partial charge in [-0.05, 0) is 80.7 Å². The normalized spacial score (nSPS) is 20.7. The molecule has 9 nitrogen and oxygen atoms in total. The highest BCUT2D eigenvalue weighted by Gasteiger charge is 2.56. The summed E-state index contributed by atoms with van der Waals surface area (Å²) >= 11 is -0.216. The van der Waals surface area contributed by atoms with E-state index in [1.165, 1.54) is 11.6 Å². The molecule has 0 spiro atoms. The number of methoxy groups -OCH3 is 1. The molecule has 3 atom stereocenters. The zero-order valence-corrected chi connectivity index (χ0v) is 24.3. The Kier molecular flexibility index (Phi) is 8.50. The first-order valence-electron chi connectivity index (χ1n) is 13.6. The van der Waals surface area contributed by atoms with E-state index in [9.17, 15) is 23.1 Å². The summed E-state index contributed by atoms with van der Waals surface area (Å²) in [5.74, 6) is 6.88. The topological polar surface area (TPSA) is 103 Å². The predicted octanol–water partition coefficient (Wildman–Crippen LogP) is 4.04. The van der Waals surface area contributed by atoms with Crippen molar-refractivity contribution >= 4 is 34.7 Å². The summed E-state index contributed by atoms with van der Waals surface area (Å²) in [6.45, 7) is 3.73. The van der Waals surface area contributed by atoms with Crippen molar-refractivity contribution in [2.75, 3.05) is 51.0 Å². The number of rotatable bonds is 9. The average Bonchev–Trinajstić information content (AvgIpc) is 3.53. The molecule has 5 rings (SSSR count). The number of hydrogen-bond donors (Lipinski definition) is 4. The van der Waals surface area contributed by atoms with Crippen LogP contribution in [0.3, 0.4) is 0 Å². The summed E-state index contributed by atoms with van der Waals surface area (Å²) in [6, 6.07) is 10.00. The van der Waals surface area contributed by atoms with Crippen LogP contribution in [0, 0.1) is 17.8 Å². The van der Waals surface area contributed by atoms with Gasteiger partial charge in [0.1, 0.15) is 17.3 Å². The van der Waals surface area contributed by atoms with Crippen molar-refractivity contribution in [3.05, 3.63) is 47.7 Å². The number of amides is 1. The molecule has 1 amide bonds. The van der Waals surface area contributed by atoms with Gasteiger partial charge in [-0.15, -0.1) is 0 Å². The first-order valence-corrected chi connectivity index (χ1v) is 14.4. The lowest BCUT2D eigenvalue weighted by molar-refractivity contribution is -0.0327. The molecule has 2 aliphatic rings. The molecule has 3 heterocycles. The minimum Gasteiger partial charge on any atom is -0.495 e. The number of nitrogens with zero attached hydrogens (tertiary/aromatic N) is 3. The van der Waals surface area contributed by atoms with Crippen LogP contribution in [-0.2, 0) is 0 Å². The Bertz CT molecular complexity index is 1530. The van der Waals surface area contributed by atoms with Crippen LogP contribution in [0.15, 0.2) is 41.3 Å². The Balaban J connectivity index is 1.35. The highest BCUT2D eigenvalue weighted by atomic mass is 32.2. The fourth-order valence-electron chi connectivity index (χ4n) is 5.28. The number of alkyl halides is 3. The number of carbonyl (C=O) groups is 1. The first kappa shape index (κ1) is 29.9. The predicted molar refractivity (Wildman–Crippen MR) is 156 cm³/mol. The van der Waals surface area contributed by atoms with Gasteiger partial charge in [-0.1, -0.05) is 12.0 Å². The summed E-state index contributed by atoms with van der Waals surface area (Å²) in [7, 11) is 3.56. The van der Waals surface area contributed by atoms with Gasteiger partial charge < -0.3 is 30.7 Å². The van der Waals surface area contributed by atoms with Gasteiger partial charge in [0, 0.05) is 30.7 Å². The van der Waals surface area contributed by atoms with E-state index in [4.69, 9.17) is 4.74 Å². The van der Waals surface area contributed by atoms with E-state index in [1.807, 2.05) is 6.07 Å². The number of aliphatic hydroxyl groups excluding tert-OH is 1. The molecule has 42 heavy (non-hydrogen) atoms. The van der Waals surface area contributed by atoms with Crippen LogP contribution in [-0.4, -0.2) is 83.0 Å². The number of halogens is 3. The number of aliphatic hydroxyl groups is 1. The molecule has 2 fully saturated rings.